The van der Waals surface area contributed by atoms with E-state index in [1.165, 1.54) is 25.7 Å². The molecule has 3 saturated carbocycles. The lowest BCUT2D eigenvalue weighted by atomic mass is 9.61. The van der Waals surface area contributed by atoms with Crippen molar-refractivity contribution in [3.8, 4) is 0 Å². The highest BCUT2D eigenvalue weighted by atomic mass is 16.7. The van der Waals surface area contributed by atoms with Gasteiger partial charge in [-0.25, -0.2) is 0 Å². The Morgan fingerprint density at radius 3 is 2.53 bits per heavy atom. The van der Waals surface area contributed by atoms with Gasteiger partial charge in [-0.15, -0.1) is 0 Å². The van der Waals surface area contributed by atoms with E-state index in [2.05, 4.69) is 72.4 Å². The average Bonchev–Trinajstić information content (AvgIpc) is 3.16. The molecule has 3 rings (SSSR count). The smallest absolute Gasteiger partial charge is 0.147 e. The zero-order valence-corrected chi connectivity index (χ0v) is 23.9. The molecular weight excluding hydrogens is 448 g/mol. The summed E-state index contributed by atoms with van der Waals surface area (Å²) in [5, 5.41) is 20.3. The van der Waals surface area contributed by atoms with Crippen molar-refractivity contribution in [2.75, 3.05) is 13.9 Å². The fourth-order valence-electron chi connectivity index (χ4n) is 7.60. The molecule has 0 heterocycles. The van der Waals surface area contributed by atoms with Crippen LogP contribution in [0.1, 0.15) is 86.5 Å². The van der Waals surface area contributed by atoms with Crippen molar-refractivity contribution in [2.45, 2.75) is 104 Å². The van der Waals surface area contributed by atoms with E-state index in [0.717, 1.165) is 17.6 Å². The summed E-state index contributed by atoms with van der Waals surface area (Å²) >= 11 is 0. The quantitative estimate of drug-likeness (QED) is 0.265. The molecule has 0 spiro atoms. The van der Waals surface area contributed by atoms with Crippen LogP contribution in [0.5, 0.6) is 0 Å². The van der Waals surface area contributed by atoms with Crippen LogP contribution in [0.3, 0.4) is 0 Å². The molecule has 4 heteroatoms. The van der Waals surface area contributed by atoms with Gasteiger partial charge in [0.2, 0.25) is 0 Å². The molecule has 3 aliphatic carbocycles. The standard InChI is InChI=1S/C32H52O4/c1-21(2)27(31(5,6)36-20-35-8)14-11-22(3)28-15-16-29-24(10-9-17-32(28,29)7)12-13-25-18-26(33)19-30(34)23(25)4/h11-14,21-22,26-30,33-34H,4,9-10,15-20H2,1-3,5-8H3/b14-11+,24-12+,25-13-/t22-,26-,27-,28-,29+,30+,32-/m1/s1. The van der Waals surface area contributed by atoms with E-state index in [1.54, 1.807) is 12.7 Å². The number of aliphatic hydroxyl groups excluding tert-OH is 2. The van der Waals surface area contributed by atoms with Crippen molar-refractivity contribution in [2.24, 2.45) is 35.0 Å². The molecule has 204 valence electrons. The fraction of sp³-hybridized carbons (Fsp3) is 0.750. The average molecular weight is 501 g/mol. The van der Waals surface area contributed by atoms with Crippen LogP contribution in [0.4, 0.5) is 0 Å². The van der Waals surface area contributed by atoms with E-state index in [1.807, 2.05) is 0 Å². The third-order valence-corrected chi connectivity index (χ3v) is 9.63. The zero-order chi connectivity index (χ0) is 26.7. The highest BCUT2D eigenvalue weighted by Crippen LogP contribution is 2.59. The molecule has 0 aliphatic heterocycles. The Morgan fingerprint density at radius 2 is 1.86 bits per heavy atom. The Kier molecular flexibility index (Phi) is 9.87. The maximum atomic E-state index is 10.2. The third kappa shape index (κ3) is 6.43. The summed E-state index contributed by atoms with van der Waals surface area (Å²) in [6.45, 7) is 18.2. The Morgan fingerprint density at radius 1 is 1.14 bits per heavy atom. The SMILES string of the molecule is C=C1/C(=C\C=C2/CCC[C@]3(C)[C@@H]([C@H](C)/C=C/[C@H](C(C)C)C(C)(C)OCOC)CC[C@@H]23)C[C@@H](O)C[C@@H]1O. The largest absolute Gasteiger partial charge is 0.393 e. The van der Waals surface area contributed by atoms with Gasteiger partial charge >= 0.3 is 0 Å². The number of rotatable bonds is 9. The number of fused-ring (bicyclic) bond motifs is 1. The molecule has 0 saturated heterocycles. The minimum atomic E-state index is -0.627. The zero-order valence-electron chi connectivity index (χ0n) is 23.9. The fourth-order valence-corrected chi connectivity index (χ4v) is 7.60. The van der Waals surface area contributed by atoms with Crippen LogP contribution in [-0.2, 0) is 9.47 Å². The number of hydrogen-bond acceptors (Lipinski definition) is 4. The number of methoxy groups -OCH3 is 1. The van der Waals surface area contributed by atoms with E-state index in [-0.39, 0.29) is 5.60 Å². The van der Waals surface area contributed by atoms with Gasteiger partial charge in [0.1, 0.15) is 6.79 Å². The van der Waals surface area contributed by atoms with Crippen molar-refractivity contribution in [3.05, 3.63) is 47.6 Å². The Hall–Kier alpha value is -1.20. The molecule has 0 aromatic carbocycles. The maximum Gasteiger partial charge on any atom is 0.147 e. The van der Waals surface area contributed by atoms with Crippen molar-refractivity contribution in [1.29, 1.82) is 0 Å². The molecule has 4 nitrogen and oxygen atoms in total. The molecule has 0 amide bonds. The van der Waals surface area contributed by atoms with E-state index < -0.39 is 12.2 Å². The van der Waals surface area contributed by atoms with Crippen LogP contribution in [0, 0.1) is 35.0 Å². The number of ether oxygens (including phenoxy) is 2. The van der Waals surface area contributed by atoms with Gasteiger partial charge in [0.05, 0.1) is 17.8 Å². The number of aliphatic hydroxyl groups is 2. The lowest BCUT2D eigenvalue weighted by Crippen LogP contribution is -2.38. The summed E-state index contributed by atoms with van der Waals surface area (Å²) in [5.74, 6) is 2.59. The minimum absolute atomic E-state index is 0.277. The first-order chi connectivity index (χ1) is 16.9. The molecule has 36 heavy (non-hydrogen) atoms. The molecule has 0 aromatic rings. The first-order valence-electron chi connectivity index (χ1n) is 14.2. The van der Waals surface area contributed by atoms with Crippen molar-refractivity contribution < 1.29 is 19.7 Å². The Bertz CT molecular complexity index is 850. The second-order valence-electron chi connectivity index (χ2n) is 12.8. The van der Waals surface area contributed by atoms with Gasteiger partial charge in [-0.1, -0.05) is 64.2 Å². The lowest BCUT2D eigenvalue weighted by Gasteiger charge is -2.44. The van der Waals surface area contributed by atoms with Gasteiger partial charge < -0.3 is 19.7 Å². The molecule has 0 bridgehead atoms. The topological polar surface area (TPSA) is 58.9 Å². The predicted molar refractivity (Wildman–Crippen MR) is 148 cm³/mol. The minimum Gasteiger partial charge on any atom is -0.393 e. The molecule has 3 aliphatic rings. The first kappa shape index (κ1) is 29.4. The van der Waals surface area contributed by atoms with Crippen LogP contribution in [0.25, 0.3) is 0 Å². The highest BCUT2D eigenvalue weighted by molar-refractivity contribution is 5.38. The summed E-state index contributed by atoms with van der Waals surface area (Å²) in [7, 11) is 1.68. The number of allylic oxidation sites excluding steroid dienone is 4. The van der Waals surface area contributed by atoms with Crippen LogP contribution >= 0.6 is 0 Å². The van der Waals surface area contributed by atoms with Crippen molar-refractivity contribution >= 4 is 0 Å². The second-order valence-corrected chi connectivity index (χ2v) is 12.8. The Balaban J connectivity index is 1.76. The third-order valence-electron chi connectivity index (χ3n) is 9.63. The van der Waals surface area contributed by atoms with Crippen LogP contribution in [0.15, 0.2) is 47.6 Å². The first-order valence-corrected chi connectivity index (χ1v) is 14.2. The molecule has 7 atom stereocenters. The molecule has 0 unspecified atom stereocenters. The number of hydrogen-bond donors (Lipinski definition) is 2. The van der Waals surface area contributed by atoms with Gasteiger partial charge in [-0.05, 0) is 92.6 Å². The van der Waals surface area contributed by atoms with Crippen molar-refractivity contribution in [3.63, 3.8) is 0 Å². The van der Waals surface area contributed by atoms with Crippen LogP contribution in [0.2, 0.25) is 0 Å². The molecular formula is C32H52O4. The molecule has 0 aromatic heterocycles. The van der Waals surface area contributed by atoms with Crippen LogP contribution in [-0.4, -0.2) is 41.9 Å². The van der Waals surface area contributed by atoms with Gasteiger partial charge in [-0.3, -0.25) is 0 Å². The summed E-state index contributed by atoms with van der Waals surface area (Å²) in [6, 6.07) is 0. The van der Waals surface area contributed by atoms with Gasteiger partial charge in [0.15, 0.2) is 0 Å². The summed E-state index contributed by atoms with van der Waals surface area (Å²) < 4.78 is 11.2. The lowest BCUT2D eigenvalue weighted by molar-refractivity contribution is -0.137. The summed E-state index contributed by atoms with van der Waals surface area (Å²) in [4.78, 5) is 0. The summed E-state index contributed by atoms with van der Waals surface area (Å²) in [6.07, 6.45) is 15.4. The van der Waals surface area contributed by atoms with Gasteiger partial charge in [-0.2, -0.15) is 0 Å². The van der Waals surface area contributed by atoms with E-state index in [4.69, 9.17) is 9.47 Å². The van der Waals surface area contributed by atoms with Gasteiger partial charge in [0, 0.05) is 19.4 Å². The summed E-state index contributed by atoms with van der Waals surface area (Å²) in [5.41, 5.74) is 3.36. The van der Waals surface area contributed by atoms with E-state index in [9.17, 15) is 10.2 Å². The maximum absolute atomic E-state index is 10.2. The normalized spacial score (nSPS) is 35.7. The second kappa shape index (κ2) is 12.1. The molecule has 2 N–H and O–H groups in total. The van der Waals surface area contributed by atoms with Crippen molar-refractivity contribution in [1.82, 2.24) is 0 Å². The highest BCUT2D eigenvalue weighted by Gasteiger charge is 2.50. The van der Waals surface area contributed by atoms with E-state index >= 15 is 0 Å². The van der Waals surface area contributed by atoms with Gasteiger partial charge in [0.25, 0.3) is 0 Å². The van der Waals surface area contributed by atoms with Crippen LogP contribution < -0.4 is 0 Å². The molecule has 3 fully saturated rings. The van der Waals surface area contributed by atoms with E-state index in [0.29, 0.717) is 54.6 Å². The monoisotopic (exact) mass is 500 g/mol. The molecule has 0 radical (unpaired) electrons. The predicted octanol–water partition coefficient (Wildman–Crippen LogP) is 6.99. The Labute approximate surface area is 220 Å².